The molecule has 0 fully saturated rings. The van der Waals surface area contributed by atoms with Crippen molar-refractivity contribution in [1.29, 1.82) is 0 Å². The normalized spacial score (nSPS) is 10.5. The summed E-state index contributed by atoms with van der Waals surface area (Å²) in [5.74, 6) is 0.871. The van der Waals surface area contributed by atoms with Gasteiger partial charge < -0.3 is 4.74 Å². The molecule has 0 aliphatic carbocycles. The van der Waals surface area contributed by atoms with Gasteiger partial charge in [0.15, 0.2) is 0 Å². The molecule has 1 heterocycles. The first kappa shape index (κ1) is 14.1. The summed E-state index contributed by atoms with van der Waals surface area (Å²) in [6.45, 7) is 1.14. The van der Waals surface area contributed by atoms with E-state index in [4.69, 9.17) is 4.74 Å². The standard InChI is InChI=1S/C16H14IN3O/c17-15-8-4-5-9-16(15)21-12-14-11-20(19-18-14)10-13-6-2-1-3-7-13/h1-9,11H,10,12H2. The molecule has 0 aliphatic heterocycles. The lowest BCUT2D eigenvalue weighted by Crippen LogP contribution is -2.00. The van der Waals surface area contributed by atoms with E-state index in [2.05, 4.69) is 45.0 Å². The van der Waals surface area contributed by atoms with Gasteiger partial charge in [-0.05, 0) is 40.3 Å². The molecule has 21 heavy (non-hydrogen) atoms. The number of rotatable bonds is 5. The second-order valence-electron chi connectivity index (χ2n) is 4.61. The van der Waals surface area contributed by atoms with Gasteiger partial charge in [-0.2, -0.15) is 0 Å². The van der Waals surface area contributed by atoms with Crippen molar-refractivity contribution in [3.8, 4) is 5.75 Å². The van der Waals surface area contributed by atoms with Gasteiger partial charge in [-0.1, -0.05) is 47.7 Å². The Hall–Kier alpha value is -1.89. The Labute approximate surface area is 136 Å². The minimum absolute atomic E-state index is 0.425. The number of hydrogen-bond donors (Lipinski definition) is 0. The Morgan fingerprint density at radius 1 is 1.00 bits per heavy atom. The maximum Gasteiger partial charge on any atom is 0.134 e. The summed E-state index contributed by atoms with van der Waals surface area (Å²) in [7, 11) is 0. The van der Waals surface area contributed by atoms with E-state index < -0.39 is 0 Å². The lowest BCUT2D eigenvalue weighted by molar-refractivity contribution is 0.299. The number of aromatic nitrogens is 3. The molecule has 3 rings (SSSR count). The second-order valence-corrected chi connectivity index (χ2v) is 5.77. The number of para-hydroxylation sites is 1. The minimum atomic E-state index is 0.425. The van der Waals surface area contributed by atoms with Crippen LogP contribution in [-0.2, 0) is 13.2 Å². The predicted molar refractivity (Wildman–Crippen MR) is 89.1 cm³/mol. The summed E-state index contributed by atoms with van der Waals surface area (Å²) in [6.07, 6.45) is 1.92. The number of benzene rings is 2. The maximum absolute atomic E-state index is 5.76. The minimum Gasteiger partial charge on any atom is -0.486 e. The first-order chi connectivity index (χ1) is 10.3. The fraction of sp³-hybridized carbons (Fsp3) is 0.125. The molecule has 0 spiro atoms. The van der Waals surface area contributed by atoms with Crippen molar-refractivity contribution >= 4 is 22.6 Å². The van der Waals surface area contributed by atoms with Gasteiger partial charge in [0, 0.05) is 0 Å². The Morgan fingerprint density at radius 3 is 2.57 bits per heavy atom. The molecule has 4 nitrogen and oxygen atoms in total. The predicted octanol–water partition coefficient (Wildman–Crippen LogP) is 3.51. The van der Waals surface area contributed by atoms with Crippen molar-refractivity contribution < 1.29 is 4.74 Å². The highest BCUT2D eigenvalue weighted by Gasteiger charge is 2.04. The van der Waals surface area contributed by atoms with Gasteiger partial charge in [0.1, 0.15) is 18.1 Å². The van der Waals surface area contributed by atoms with Gasteiger partial charge in [0.05, 0.1) is 16.3 Å². The summed E-state index contributed by atoms with van der Waals surface area (Å²) >= 11 is 2.26. The van der Waals surface area contributed by atoms with Crippen molar-refractivity contribution in [2.45, 2.75) is 13.2 Å². The average molecular weight is 391 g/mol. The van der Waals surface area contributed by atoms with Crippen molar-refractivity contribution in [3.63, 3.8) is 0 Å². The highest BCUT2D eigenvalue weighted by atomic mass is 127. The number of nitrogens with zero attached hydrogens (tertiary/aromatic N) is 3. The zero-order chi connectivity index (χ0) is 14.5. The van der Waals surface area contributed by atoms with E-state index in [9.17, 15) is 0 Å². The quantitative estimate of drug-likeness (QED) is 0.625. The lowest BCUT2D eigenvalue weighted by Gasteiger charge is -2.05. The van der Waals surface area contributed by atoms with Crippen LogP contribution in [0.2, 0.25) is 0 Å². The summed E-state index contributed by atoms with van der Waals surface area (Å²) in [6, 6.07) is 18.1. The van der Waals surface area contributed by atoms with Gasteiger partial charge in [-0.25, -0.2) is 4.68 Å². The van der Waals surface area contributed by atoms with Gasteiger partial charge in [-0.3, -0.25) is 0 Å². The monoisotopic (exact) mass is 391 g/mol. The van der Waals surface area contributed by atoms with E-state index in [1.807, 2.05) is 53.3 Å². The van der Waals surface area contributed by atoms with Crippen LogP contribution in [0.15, 0.2) is 60.8 Å². The molecule has 0 saturated carbocycles. The van der Waals surface area contributed by atoms with Gasteiger partial charge in [0.2, 0.25) is 0 Å². The van der Waals surface area contributed by atoms with Crippen LogP contribution < -0.4 is 4.74 Å². The van der Waals surface area contributed by atoms with Crippen LogP contribution in [0.5, 0.6) is 5.75 Å². The van der Waals surface area contributed by atoms with Gasteiger partial charge in [-0.15, -0.1) is 5.10 Å². The maximum atomic E-state index is 5.76. The number of hydrogen-bond acceptors (Lipinski definition) is 3. The van der Waals surface area contributed by atoms with Crippen molar-refractivity contribution in [2.24, 2.45) is 0 Å². The zero-order valence-corrected chi connectivity index (χ0v) is 13.5. The van der Waals surface area contributed by atoms with Crippen molar-refractivity contribution in [2.75, 3.05) is 0 Å². The van der Waals surface area contributed by atoms with Crippen molar-refractivity contribution in [3.05, 3.63) is 75.6 Å². The van der Waals surface area contributed by atoms with Gasteiger partial charge in [0.25, 0.3) is 0 Å². The molecule has 1 aromatic heterocycles. The topological polar surface area (TPSA) is 39.9 Å². The van der Waals surface area contributed by atoms with E-state index in [-0.39, 0.29) is 0 Å². The van der Waals surface area contributed by atoms with Gasteiger partial charge >= 0.3 is 0 Å². The molecule has 0 amide bonds. The van der Waals surface area contributed by atoms with Crippen LogP contribution in [0.3, 0.4) is 0 Å². The van der Waals surface area contributed by atoms with Crippen LogP contribution in [0, 0.1) is 3.57 Å². The zero-order valence-electron chi connectivity index (χ0n) is 11.3. The third-order valence-electron chi connectivity index (χ3n) is 2.99. The van der Waals surface area contributed by atoms with Crippen LogP contribution in [0.4, 0.5) is 0 Å². The summed E-state index contributed by atoms with van der Waals surface area (Å²) in [5, 5.41) is 8.27. The van der Waals surface area contributed by atoms with E-state index in [0.29, 0.717) is 6.61 Å². The Kier molecular flexibility index (Phi) is 4.49. The second kappa shape index (κ2) is 6.71. The van der Waals surface area contributed by atoms with Crippen LogP contribution in [0.1, 0.15) is 11.3 Å². The Morgan fingerprint density at radius 2 is 1.76 bits per heavy atom. The SMILES string of the molecule is Ic1ccccc1OCc1cn(Cc2ccccc2)nn1. The average Bonchev–Trinajstić information content (AvgIpc) is 2.95. The summed E-state index contributed by atoms with van der Waals surface area (Å²) in [4.78, 5) is 0. The molecule has 0 bridgehead atoms. The first-order valence-electron chi connectivity index (χ1n) is 6.61. The molecule has 0 radical (unpaired) electrons. The van der Waals surface area contributed by atoms with Crippen LogP contribution in [-0.4, -0.2) is 15.0 Å². The highest BCUT2D eigenvalue weighted by Crippen LogP contribution is 2.20. The molecule has 0 unspecified atom stereocenters. The molecule has 2 aromatic carbocycles. The molecule has 0 aliphatic rings. The van der Waals surface area contributed by atoms with Crippen LogP contribution >= 0.6 is 22.6 Å². The lowest BCUT2D eigenvalue weighted by atomic mass is 10.2. The molecule has 3 aromatic rings. The fourth-order valence-electron chi connectivity index (χ4n) is 1.97. The summed E-state index contributed by atoms with van der Waals surface area (Å²) < 4.78 is 8.68. The highest BCUT2D eigenvalue weighted by molar-refractivity contribution is 14.1. The molecule has 0 atom stereocenters. The third-order valence-corrected chi connectivity index (χ3v) is 3.88. The van der Waals surface area contributed by atoms with Crippen LogP contribution in [0.25, 0.3) is 0 Å². The largest absolute Gasteiger partial charge is 0.486 e. The first-order valence-corrected chi connectivity index (χ1v) is 7.69. The summed E-state index contributed by atoms with van der Waals surface area (Å²) in [5.41, 5.74) is 2.03. The van der Waals surface area contributed by atoms with Crippen molar-refractivity contribution in [1.82, 2.24) is 15.0 Å². The molecule has 0 saturated heterocycles. The number of halogens is 1. The molecule has 106 valence electrons. The molecule has 0 N–H and O–H groups in total. The van der Waals surface area contributed by atoms with E-state index in [1.165, 1.54) is 5.56 Å². The Balaban J connectivity index is 1.62. The number of ether oxygens (including phenoxy) is 1. The van der Waals surface area contributed by atoms with E-state index in [1.54, 1.807) is 0 Å². The molecular formula is C16H14IN3O. The molecule has 5 heteroatoms. The fourth-order valence-corrected chi connectivity index (χ4v) is 2.51. The molecular weight excluding hydrogens is 377 g/mol. The smallest absolute Gasteiger partial charge is 0.134 e. The van der Waals surface area contributed by atoms with E-state index >= 15 is 0 Å². The Bertz CT molecular complexity index is 712. The van der Waals surface area contributed by atoms with E-state index in [0.717, 1.165) is 21.6 Å². The third kappa shape index (κ3) is 3.81.